The van der Waals surface area contributed by atoms with Crippen LogP contribution in [0.5, 0.6) is 0 Å². The first kappa shape index (κ1) is 101. The number of piperazine rings is 1. The molecule has 7 fully saturated rings. The summed E-state index contributed by atoms with van der Waals surface area (Å²) in [6, 6.07) is 19.8. The average molecular weight is 2010 g/mol. The van der Waals surface area contributed by atoms with Crippen molar-refractivity contribution < 1.29 is 51.0 Å². The molecule has 0 saturated carbocycles. The van der Waals surface area contributed by atoms with Crippen molar-refractivity contribution in [2.24, 2.45) is 5.92 Å². The Morgan fingerprint density at radius 2 is 0.858 bits per heavy atom. The first-order valence-electron chi connectivity index (χ1n) is 45.2. The van der Waals surface area contributed by atoms with Gasteiger partial charge in [-0.2, -0.15) is 71.6 Å². The fourth-order valence-electron chi connectivity index (χ4n) is 16.9. The van der Waals surface area contributed by atoms with Crippen molar-refractivity contribution in [3.63, 3.8) is 0 Å². The van der Waals surface area contributed by atoms with Crippen LogP contribution in [-0.2, 0) is 37.5 Å². The van der Waals surface area contributed by atoms with Crippen LogP contribution in [0.4, 0.5) is 37.1 Å². The van der Waals surface area contributed by atoms with Crippen LogP contribution < -0.4 is 25.1 Å². The molecule has 6 aromatic carbocycles. The topological polar surface area (TPSA) is 339 Å². The molecular weight excluding hydrogens is 1890 g/mol. The van der Waals surface area contributed by atoms with Crippen LogP contribution in [0.25, 0.3) is 88.2 Å². The van der Waals surface area contributed by atoms with Gasteiger partial charge in [0.25, 0.3) is 0 Å². The van der Waals surface area contributed by atoms with Gasteiger partial charge in [-0.1, -0.05) is 61.0 Å². The molecule has 714 valence electrons. The van der Waals surface area contributed by atoms with Crippen LogP contribution in [-0.4, -0.2) is 272 Å². The Hall–Kier alpha value is -9.19. The number of hydrogen-bond acceptors (Lipinski definition) is 27. The summed E-state index contributed by atoms with van der Waals surface area (Å²) in [7, 11) is 6.88. The van der Waals surface area contributed by atoms with E-state index in [0.29, 0.717) is 109 Å². The minimum atomic E-state index is -0.600. The molecule has 13 heterocycles. The van der Waals surface area contributed by atoms with Crippen molar-refractivity contribution >= 4 is 185 Å². The lowest BCUT2D eigenvalue weighted by Gasteiger charge is -2.46. The zero-order chi connectivity index (χ0) is 97.6. The molecule has 4 N–H and O–H groups in total. The molecule has 7 saturated heterocycles. The maximum Gasteiger partial charge on any atom is 0.497 e. The average Bonchev–Trinajstić information content (AvgIpc) is 0.797. The summed E-state index contributed by atoms with van der Waals surface area (Å²) in [5, 5.41) is 45.1. The van der Waals surface area contributed by atoms with E-state index in [9.17, 15) is 9.59 Å². The largest absolute Gasteiger partial charge is 0.497 e. The number of aromatic nitrogens is 16. The number of nitrogens with one attached hydrogen (secondary N) is 4. The number of nitrogens with zero attached hydrogens (tertiary/aromatic N) is 19. The fraction of sp³-hybridized carbons (Fsp3) is 0.527. The van der Waals surface area contributed by atoms with Gasteiger partial charge in [-0.05, 0) is 298 Å². The molecule has 0 unspecified atom stereocenters. The van der Waals surface area contributed by atoms with E-state index in [1.165, 1.54) is 15.6 Å². The van der Waals surface area contributed by atoms with Gasteiger partial charge in [-0.25, -0.2) is 23.5 Å². The second-order valence-corrected chi connectivity index (χ2v) is 42.7. The number of ether oxygens (including phenoxy) is 1. The van der Waals surface area contributed by atoms with Gasteiger partial charge in [0.2, 0.25) is 17.1 Å². The Morgan fingerprint density at radius 3 is 1.26 bits per heavy atom. The number of allylic oxidation sites excluding steroid dienone is 1. The molecule has 19 rings (SSSR count). The molecule has 7 aliphatic rings. The number of H-pyrrole nitrogens is 4. The van der Waals surface area contributed by atoms with Crippen molar-refractivity contribution in [3.05, 3.63) is 121 Å². The van der Waals surface area contributed by atoms with E-state index in [4.69, 9.17) is 87.4 Å². The van der Waals surface area contributed by atoms with Crippen molar-refractivity contribution in [3.8, 4) is 22.3 Å². The number of fused-ring (bicyclic) bond motifs is 6. The summed E-state index contributed by atoms with van der Waals surface area (Å²) < 4.78 is 76.5. The van der Waals surface area contributed by atoms with Gasteiger partial charge in [0.15, 0.2) is 11.6 Å². The molecule has 7 aliphatic heterocycles. The van der Waals surface area contributed by atoms with Crippen molar-refractivity contribution in [2.45, 2.75) is 242 Å². The highest BCUT2D eigenvalue weighted by molar-refractivity contribution is 14.1. The van der Waals surface area contributed by atoms with Gasteiger partial charge >= 0.3 is 27.2 Å². The monoisotopic (exact) mass is 2010 g/mol. The Labute approximate surface area is 810 Å². The Kier molecular flexibility index (Phi) is 29.1. The van der Waals surface area contributed by atoms with Crippen LogP contribution >= 0.6 is 57.4 Å². The number of carbonyl (C=O) groups excluding carboxylic acids is 2. The van der Waals surface area contributed by atoms with E-state index in [0.717, 1.165) is 95.3 Å². The lowest BCUT2D eigenvalue weighted by atomic mass is 9.49. The number of anilines is 4. The third kappa shape index (κ3) is 20.3. The minimum absolute atomic E-state index is 0.136. The first-order chi connectivity index (χ1) is 62.7. The minimum Gasteiger partial charge on any atom is -0.444 e. The van der Waals surface area contributed by atoms with Gasteiger partial charge < -0.3 is 67.0 Å². The molecule has 32 nitrogen and oxygen atoms in total. The summed E-state index contributed by atoms with van der Waals surface area (Å²) in [6.45, 7) is 54.3. The summed E-state index contributed by atoms with van der Waals surface area (Å²) in [5.41, 5.74) is 10.4. The fourth-order valence-corrected chi connectivity index (χ4v) is 18.1. The maximum atomic E-state index is 16.9. The quantitative estimate of drug-likeness (QED) is 0.0404. The van der Waals surface area contributed by atoms with Gasteiger partial charge in [0.05, 0.1) is 43.7 Å². The van der Waals surface area contributed by atoms with E-state index in [2.05, 4.69) is 155 Å². The molecule has 12 aromatic rings. The van der Waals surface area contributed by atoms with E-state index in [1.807, 2.05) is 207 Å². The highest BCUT2D eigenvalue weighted by atomic mass is 127. The first-order valence-corrected chi connectivity index (χ1v) is 47.4. The summed E-state index contributed by atoms with van der Waals surface area (Å²) >= 11 is 20.8. The number of halogens is 6. The lowest BCUT2D eigenvalue weighted by Crippen LogP contribution is -2.59. The van der Waals surface area contributed by atoms with Crippen LogP contribution in [0.15, 0.2) is 73.3 Å². The Morgan fingerprint density at radius 1 is 0.493 bits per heavy atom. The van der Waals surface area contributed by atoms with Gasteiger partial charge in [-0.15, -0.1) is 0 Å². The number of aromatic amines is 4. The number of rotatable bonds is 11. The normalized spacial score (nSPS) is 20.7. The number of aryl methyl sites for hydroxylation is 4. The number of amides is 1. The van der Waals surface area contributed by atoms with Crippen LogP contribution in [0.1, 0.15) is 167 Å². The predicted molar refractivity (Wildman–Crippen MR) is 537 cm³/mol. The SMILES string of the molecule is C=CC(=O)Cl.CC1(C)OB(B2OC(C)(C)C(C)(C)O2)OC1(C)C.Cc1ccc2n[nH]nc2c1-c1c(Cl)cc2c(N3C[C@@H](C)CC[C@@H]3C)nc(N3CC(N(C)C)C3)nc2c1F.Cc1ccc2n[nH]nc2c1-c1c(Cl)cc2c(N3C[C@@H](C)N(C(=O)OC(C)(C)C)C[C@@H]3C)nc(N3CC(N(C)C)C3)nc2c1F.Cc1ccc2n[nH]nc2c1B1OC(C)(C)C(C)(C)O1.Cc1ccc2n[nH]nc2c1I. The van der Waals surface area contributed by atoms with Crippen LogP contribution in [0, 0.1) is 48.8 Å². The van der Waals surface area contributed by atoms with E-state index >= 15 is 8.78 Å². The second-order valence-electron chi connectivity index (χ2n) is 40.4. The molecular formula is C93H122B3Cl3F2IN23O9. The summed E-state index contributed by atoms with van der Waals surface area (Å²) in [6.07, 6.45) is 2.93. The molecule has 6 aromatic heterocycles. The van der Waals surface area contributed by atoms with Gasteiger partial charge in [-0.3, -0.25) is 4.79 Å². The van der Waals surface area contributed by atoms with Crippen LogP contribution in [0.2, 0.25) is 10.0 Å². The van der Waals surface area contributed by atoms with Gasteiger partial charge in [0, 0.05) is 118 Å². The predicted octanol–water partition coefficient (Wildman–Crippen LogP) is 16.9. The number of likely N-dealkylation sites (N-methyl/N-ethyl adjacent to an activating group) is 2. The van der Waals surface area contributed by atoms with Gasteiger partial charge in [0.1, 0.15) is 72.4 Å². The molecule has 0 radical (unpaired) electrons. The zero-order valence-corrected chi connectivity index (χ0v) is 86.0. The van der Waals surface area contributed by atoms with Crippen LogP contribution in [0.3, 0.4) is 0 Å². The van der Waals surface area contributed by atoms with Crippen molar-refractivity contribution in [1.29, 1.82) is 0 Å². The maximum absolute atomic E-state index is 16.9. The highest BCUT2D eigenvalue weighted by Gasteiger charge is 2.64. The van der Waals surface area contributed by atoms with Crippen molar-refractivity contribution in [2.75, 3.05) is 93.6 Å². The van der Waals surface area contributed by atoms with E-state index in [1.54, 1.807) is 11.0 Å². The third-order valence-electron chi connectivity index (χ3n) is 27.4. The smallest absolute Gasteiger partial charge is 0.444 e. The molecule has 1 amide bonds. The molecule has 0 bridgehead atoms. The number of piperidine rings is 1. The number of hydrogen-bond donors (Lipinski definition) is 4. The lowest BCUT2D eigenvalue weighted by molar-refractivity contribution is -0.107. The number of benzene rings is 6. The van der Waals surface area contributed by atoms with E-state index in [-0.39, 0.29) is 73.4 Å². The molecule has 0 aliphatic carbocycles. The zero-order valence-electron chi connectivity index (χ0n) is 81.6. The van der Waals surface area contributed by atoms with E-state index < -0.39 is 43.6 Å². The van der Waals surface area contributed by atoms with Crippen molar-refractivity contribution in [1.82, 2.24) is 96.3 Å². The number of carbonyl (C=O) groups is 2. The Bertz CT molecular complexity index is 6320. The second kappa shape index (κ2) is 38.7. The summed E-state index contributed by atoms with van der Waals surface area (Å²) in [5.74, 6) is 1.92. The summed E-state index contributed by atoms with van der Waals surface area (Å²) in [4.78, 5) is 56.9. The molecule has 4 atom stereocenters. The molecule has 0 spiro atoms. The third-order valence-corrected chi connectivity index (χ3v) is 29.5. The molecule has 41 heteroatoms. The Balaban J connectivity index is 0.000000142. The molecule has 134 heavy (non-hydrogen) atoms. The highest BCUT2D eigenvalue weighted by Crippen LogP contribution is 2.48. The standard InChI is InChI=1S/C31H39ClFN9O2.C27H32ClFN8.C13H18BN3O2.C12H24B2O4.C7H6IN3.C3H3ClO/c1-16-9-10-22-27(37-38-36-22)23(16)24-21(32)11-20-26(25(24)33)34-29(40-14-19(15-40)39(7)8)35-28(20)41-12-18(3)42(13-17(41)2)30(43)44-31(4,5)6;1-14-6-8-16(3)37(11-14)26-18-10-19(28)22(21-15(2)7-9-20-25(21)33-34-32-20)23(29)24(18)30-27(31-26)36-12-17(13-36)35(4)5;1-8-6-7-9-11(16-17-15-9)10(8)14-18-12(2,3)13(4,5)19-14;1-9(2)10(3,4)16-13(15-9)14-17-11(5,6)12(7,8)18-14;1-4-2-3-5-7(6(4)8)10-11-9-5;1-2-3(4)5/h9-11,17-19H,12-15H2,1-8H3,(H,36,37,38);7,9-10,14,16-17H,6,8,11-13H2,1-5H3,(H,32,33,34);6-7H,1-5H3,(H,15,16,17);1-8H3;2-3H,1H3,(H,9,10,11);2H,1H2/t17-,18+;14-,16-;;;;/m00..../s1.